The number of unbranched alkanes of at least 4 members (excludes halogenated alkanes) is 5. The monoisotopic (exact) mass is 319 g/mol. The predicted molar refractivity (Wildman–Crippen MR) is 82.4 cm³/mol. The van der Waals surface area contributed by atoms with Crippen LogP contribution in [0.15, 0.2) is 23.1 Å². The van der Waals surface area contributed by atoms with E-state index in [-0.39, 0.29) is 16.5 Å². The Labute approximate surface area is 126 Å². The van der Waals surface area contributed by atoms with Gasteiger partial charge in [-0.15, -0.1) is 0 Å². The van der Waals surface area contributed by atoms with E-state index in [9.17, 15) is 8.42 Å². The van der Waals surface area contributed by atoms with Gasteiger partial charge in [0.2, 0.25) is 0 Å². The molecule has 0 aliphatic carbocycles. The highest BCUT2D eigenvalue weighted by Gasteiger charge is 2.16. The maximum absolute atomic E-state index is 11.9. The Morgan fingerprint density at radius 2 is 1.80 bits per heavy atom. The zero-order chi connectivity index (χ0) is 15.0. The van der Waals surface area contributed by atoms with Gasteiger partial charge in [0.25, 0.3) is 10.1 Å². The number of hydrogen-bond donors (Lipinski definition) is 1. The molecule has 0 saturated heterocycles. The van der Waals surface area contributed by atoms with E-state index in [0.717, 1.165) is 19.3 Å². The summed E-state index contributed by atoms with van der Waals surface area (Å²) in [5, 5.41) is 0.217. The van der Waals surface area contributed by atoms with Gasteiger partial charge in [-0.05, 0) is 24.6 Å². The second-order valence-corrected chi connectivity index (χ2v) is 6.75. The summed E-state index contributed by atoms with van der Waals surface area (Å²) in [6.45, 7) is 2.36. The molecule has 0 amide bonds. The fourth-order valence-corrected chi connectivity index (χ4v) is 3.00. The first-order chi connectivity index (χ1) is 9.47. The Morgan fingerprint density at radius 3 is 2.45 bits per heavy atom. The third-order valence-electron chi connectivity index (χ3n) is 3.00. The van der Waals surface area contributed by atoms with Gasteiger partial charge in [-0.1, -0.05) is 50.6 Å². The SMILES string of the molecule is CCCCCCCCOS(=O)(=O)c1ccc(N)c(Cl)c1. The largest absolute Gasteiger partial charge is 0.398 e. The van der Waals surface area contributed by atoms with Crippen LogP contribution in [0.25, 0.3) is 0 Å². The highest BCUT2D eigenvalue weighted by Crippen LogP contribution is 2.23. The maximum Gasteiger partial charge on any atom is 0.297 e. The first kappa shape index (κ1) is 17.3. The molecule has 114 valence electrons. The van der Waals surface area contributed by atoms with Gasteiger partial charge in [-0.25, -0.2) is 0 Å². The minimum Gasteiger partial charge on any atom is -0.398 e. The fourth-order valence-electron chi connectivity index (χ4n) is 1.78. The van der Waals surface area contributed by atoms with Crippen molar-refractivity contribution in [3.8, 4) is 0 Å². The Morgan fingerprint density at radius 1 is 1.15 bits per heavy atom. The van der Waals surface area contributed by atoms with Gasteiger partial charge in [-0.3, -0.25) is 4.18 Å². The van der Waals surface area contributed by atoms with E-state index in [1.807, 2.05) is 0 Å². The van der Waals surface area contributed by atoms with E-state index < -0.39 is 10.1 Å². The summed E-state index contributed by atoms with van der Waals surface area (Å²) in [7, 11) is -3.74. The van der Waals surface area contributed by atoms with Crippen LogP contribution in [-0.2, 0) is 14.3 Å². The molecule has 2 N–H and O–H groups in total. The second-order valence-electron chi connectivity index (χ2n) is 4.73. The molecule has 6 heteroatoms. The van der Waals surface area contributed by atoms with E-state index in [1.54, 1.807) is 0 Å². The predicted octanol–water partition coefficient (Wildman–Crippen LogP) is 3.99. The number of hydrogen-bond acceptors (Lipinski definition) is 4. The summed E-state index contributed by atoms with van der Waals surface area (Å²) >= 11 is 5.81. The highest BCUT2D eigenvalue weighted by molar-refractivity contribution is 7.86. The molecule has 0 fully saturated rings. The Kier molecular flexibility index (Phi) is 7.34. The lowest BCUT2D eigenvalue weighted by molar-refractivity contribution is 0.306. The van der Waals surface area contributed by atoms with E-state index in [0.29, 0.717) is 5.69 Å². The van der Waals surface area contributed by atoms with Crippen LogP contribution in [0.1, 0.15) is 45.4 Å². The average Bonchev–Trinajstić information content (AvgIpc) is 2.40. The van der Waals surface area contributed by atoms with Gasteiger partial charge in [0, 0.05) is 0 Å². The van der Waals surface area contributed by atoms with Crippen LogP contribution in [0.2, 0.25) is 5.02 Å². The van der Waals surface area contributed by atoms with Gasteiger partial charge in [0.05, 0.1) is 22.2 Å². The van der Waals surface area contributed by atoms with Crippen LogP contribution in [0.4, 0.5) is 5.69 Å². The molecule has 0 radical (unpaired) electrons. The molecule has 0 atom stereocenters. The smallest absolute Gasteiger partial charge is 0.297 e. The van der Waals surface area contributed by atoms with Crippen molar-refractivity contribution in [2.24, 2.45) is 0 Å². The standard InChI is InChI=1S/C14H22ClNO3S/c1-2-3-4-5-6-7-10-19-20(17,18)12-8-9-14(16)13(15)11-12/h8-9,11H,2-7,10,16H2,1H3. The van der Waals surface area contributed by atoms with Crippen molar-refractivity contribution >= 4 is 27.4 Å². The number of nitrogen functional groups attached to an aromatic ring is 1. The molecule has 1 rings (SSSR count). The number of halogens is 1. The summed E-state index contributed by atoms with van der Waals surface area (Å²) in [5.74, 6) is 0. The summed E-state index contributed by atoms with van der Waals surface area (Å²) in [4.78, 5) is 0.0442. The molecule has 0 aliphatic rings. The van der Waals surface area contributed by atoms with Crippen LogP contribution < -0.4 is 5.73 Å². The maximum atomic E-state index is 11.9. The number of nitrogens with two attached hydrogens (primary N) is 1. The topological polar surface area (TPSA) is 69.4 Å². The van der Waals surface area contributed by atoms with Gasteiger partial charge < -0.3 is 5.73 Å². The van der Waals surface area contributed by atoms with Crippen molar-refractivity contribution in [1.82, 2.24) is 0 Å². The Hall–Kier alpha value is -0.780. The van der Waals surface area contributed by atoms with Gasteiger partial charge in [0.1, 0.15) is 0 Å². The van der Waals surface area contributed by atoms with Crippen molar-refractivity contribution < 1.29 is 12.6 Å². The molecule has 0 bridgehead atoms. The highest BCUT2D eigenvalue weighted by atomic mass is 35.5. The van der Waals surface area contributed by atoms with Crippen LogP contribution in [0.3, 0.4) is 0 Å². The Balaban J connectivity index is 2.40. The van der Waals surface area contributed by atoms with E-state index >= 15 is 0 Å². The average molecular weight is 320 g/mol. The lowest BCUT2D eigenvalue weighted by Gasteiger charge is -2.07. The number of benzene rings is 1. The molecule has 0 heterocycles. The summed E-state index contributed by atoms with van der Waals surface area (Å²) in [5.41, 5.74) is 5.89. The third-order valence-corrected chi connectivity index (χ3v) is 4.63. The summed E-state index contributed by atoms with van der Waals surface area (Å²) in [6, 6.07) is 4.18. The molecule has 4 nitrogen and oxygen atoms in total. The molecule has 0 spiro atoms. The number of rotatable bonds is 9. The van der Waals surface area contributed by atoms with Crippen molar-refractivity contribution in [2.45, 2.75) is 50.3 Å². The lowest BCUT2D eigenvalue weighted by atomic mass is 10.1. The minimum atomic E-state index is -3.74. The van der Waals surface area contributed by atoms with Crippen molar-refractivity contribution in [1.29, 1.82) is 0 Å². The van der Waals surface area contributed by atoms with Crippen LogP contribution in [0, 0.1) is 0 Å². The number of anilines is 1. The molecule has 1 aromatic rings. The quantitative estimate of drug-likeness (QED) is 0.424. The van der Waals surface area contributed by atoms with Crippen molar-refractivity contribution in [2.75, 3.05) is 12.3 Å². The Bertz CT molecular complexity index is 517. The molecular formula is C14H22ClNO3S. The summed E-state index contributed by atoms with van der Waals surface area (Å²) in [6.07, 6.45) is 6.46. The normalized spacial score (nSPS) is 11.7. The van der Waals surface area contributed by atoms with E-state index in [1.165, 1.54) is 37.5 Å². The summed E-state index contributed by atoms with van der Waals surface area (Å²) < 4.78 is 28.8. The zero-order valence-electron chi connectivity index (χ0n) is 11.8. The van der Waals surface area contributed by atoms with Gasteiger partial charge >= 0.3 is 0 Å². The van der Waals surface area contributed by atoms with Crippen LogP contribution in [0.5, 0.6) is 0 Å². The fraction of sp³-hybridized carbons (Fsp3) is 0.571. The lowest BCUT2D eigenvalue weighted by Crippen LogP contribution is -2.08. The first-order valence-electron chi connectivity index (χ1n) is 6.92. The van der Waals surface area contributed by atoms with E-state index in [4.69, 9.17) is 21.5 Å². The molecular weight excluding hydrogens is 298 g/mol. The van der Waals surface area contributed by atoms with Crippen molar-refractivity contribution in [3.05, 3.63) is 23.2 Å². The zero-order valence-corrected chi connectivity index (χ0v) is 13.3. The van der Waals surface area contributed by atoms with E-state index in [2.05, 4.69) is 6.92 Å². The van der Waals surface area contributed by atoms with Crippen LogP contribution in [-0.4, -0.2) is 15.0 Å². The first-order valence-corrected chi connectivity index (χ1v) is 8.70. The molecule has 0 unspecified atom stereocenters. The minimum absolute atomic E-state index is 0.0442. The van der Waals surface area contributed by atoms with Gasteiger partial charge in [-0.2, -0.15) is 8.42 Å². The molecule has 20 heavy (non-hydrogen) atoms. The van der Waals surface area contributed by atoms with Gasteiger partial charge in [0.15, 0.2) is 0 Å². The molecule has 0 saturated carbocycles. The molecule has 0 aromatic heterocycles. The van der Waals surface area contributed by atoms with Crippen LogP contribution >= 0.6 is 11.6 Å². The second kappa shape index (κ2) is 8.49. The molecule has 0 aliphatic heterocycles. The molecule has 1 aromatic carbocycles. The van der Waals surface area contributed by atoms with Crippen molar-refractivity contribution in [3.63, 3.8) is 0 Å². The third kappa shape index (κ3) is 5.69.